The van der Waals surface area contributed by atoms with Crippen LogP contribution in [0.5, 0.6) is 0 Å². The second-order valence-corrected chi connectivity index (χ2v) is 5.78. The predicted molar refractivity (Wildman–Crippen MR) is 80.3 cm³/mol. The van der Waals surface area contributed by atoms with Gasteiger partial charge in [-0.1, -0.05) is 6.92 Å². The van der Waals surface area contributed by atoms with Crippen LogP contribution in [-0.2, 0) is 11.3 Å². The first kappa shape index (κ1) is 15.6. The SMILES string of the molecule is CCSCCC(C)NC(=O)Cn1cc(N)ccc1=O. The van der Waals surface area contributed by atoms with E-state index in [9.17, 15) is 9.59 Å². The highest BCUT2D eigenvalue weighted by molar-refractivity contribution is 7.99. The first-order valence-corrected chi connectivity index (χ1v) is 7.51. The Bertz CT molecular complexity index is 473. The second kappa shape index (κ2) is 7.89. The van der Waals surface area contributed by atoms with E-state index in [1.54, 1.807) is 0 Å². The van der Waals surface area contributed by atoms with Crippen molar-refractivity contribution in [1.29, 1.82) is 0 Å². The number of carbonyl (C=O) groups is 1. The first-order chi connectivity index (χ1) is 9.02. The fourth-order valence-electron chi connectivity index (χ4n) is 1.63. The molecule has 0 aliphatic carbocycles. The Morgan fingerprint density at radius 2 is 2.26 bits per heavy atom. The predicted octanol–water partition coefficient (Wildman–Crippen LogP) is 1.08. The molecule has 0 fully saturated rings. The number of nitrogen functional groups attached to an aromatic ring is 1. The summed E-state index contributed by atoms with van der Waals surface area (Å²) in [4.78, 5) is 23.3. The van der Waals surface area contributed by atoms with Gasteiger partial charge in [-0.2, -0.15) is 11.8 Å². The summed E-state index contributed by atoms with van der Waals surface area (Å²) in [5.74, 6) is 1.94. The Balaban J connectivity index is 2.46. The smallest absolute Gasteiger partial charge is 0.251 e. The van der Waals surface area contributed by atoms with Crippen LogP contribution in [0.2, 0.25) is 0 Å². The maximum Gasteiger partial charge on any atom is 0.251 e. The summed E-state index contributed by atoms with van der Waals surface area (Å²) in [7, 11) is 0. The van der Waals surface area contributed by atoms with E-state index < -0.39 is 0 Å². The number of carbonyl (C=O) groups excluding carboxylic acids is 1. The molecule has 0 bridgehead atoms. The number of hydrogen-bond acceptors (Lipinski definition) is 4. The minimum Gasteiger partial charge on any atom is -0.398 e. The molecule has 1 amide bonds. The average Bonchev–Trinajstić information content (AvgIpc) is 2.34. The summed E-state index contributed by atoms with van der Waals surface area (Å²) < 4.78 is 1.32. The van der Waals surface area contributed by atoms with Crippen LogP contribution in [0, 0.1) is 0 Å². The Hall–Kier alpha value is -1.43. The molecule has 19 heavy (non-hydrogen) atoms. The van der Waals surface area contributed by atoms with Crippen molar-refractivity contribution < 1.29 is 4.79 Å². The van der Waals surface area contributed by atoms with Gasteiger partial charge in [0.25, 0.3) is 5.56 Å². The molecule has 1 unspecified atom stereocenters. The van der Waals surface area contributed by atoms with Gasteiger partial charge in [-0.3, -0.25) is 9.59 Å². The number of thioether (sulfide) groups is 1. The molecule has 0 aliphatic rings. The van der Waals surface area contributed by atoms with Gasteiger partial charge in [0.05, 0.1) is 0 Å². The highest BCUT2D eigenvalue weighted by Gasteiger charge is 2.08. The van der Waals surface area contributed by atoms with Crippen LogP contribution in [0.1, 0.15) is 20.3 Å². The van der Waals surface area contributed by atoms with Gasteiger partial charge in [-0.25, -0.2) is 0 Å². The van der Waals surface area contributed by atoms with Gasteiger partial charge in [-0.15, -0.1) is 0 Å². The highest BCUT2D eigenvalue weighted by atomic mass is 32.2. The van der Waals surface area contributed by atoms with Gasteiger partial charge in [0, 0.05) is 24.0 Å². The summed E-state index contributed by atoms with van der Waals surface area (Å²) in [6.07, 6.45) is 2.41. The number of anilines is 1. The van der Waals surface area contributed by atoms with Crippen molar-refractivity contribution >= 4 is 23.4 Å². The molecular weight excluding hydrogens is 262 g/mol. The van der Waals surface area contributed by atoms with E-state index in [4.69, 9.17) is 5.73 Å². The average molecular weight is 283 g/mol. The Kier molecular flexibility index (Phi) is 6.49. The molecule has 6 heteroatoms. The Labute approximate surface area is 117 Å². The molecule has 1 aromatic heterocycles. The van der Waals surface area contributed by atoms with E-state index in [1.807, 2.05) is 18.7 Å². The molecule has 0 spiro atoms. The monoisotopic (exact) mass is 283 g/mol. The Morgan fingerprint density at radius 3 is 2.95 bits per heavy atom. The summed E-state index contributed by atoms with van der Waals surface area (Å²) in [5, 5.41) is 2.88. The van der Waals surface area contributed by atoms with Gasteiger partial charge < -0.3 is 15.6 Å². The summed E-state index contributed by atoms with van der Waals surface area (Å²) in [5.41, 5.74) is 5.84. The topological polar surface area (TPSA) is 77.1 Å². The maximum atomic E-state index is 11.8. The third-order valence-corrected chi connectivity index (χ3v) is 3.56. The lowest BCUT2D eigenvalue weighted by Crippen LogP contribution is -2.37. The van der Waals surface area contributed by atoms with E-state index >= 15 is 0 Å². The van der Waals surface area contributed by atoms with Crippen molar-refractivity contribution in [2.45, 2.75) is 32.9 Å². The summed E-state index contributed by atoms with van der Waals surface area (Å²) in [6, 6.07) is 3.01. The largest absolute Gasteiger partial charge is 0.398 e. The molecule has 1 heterocycles. The number of nitrogens with two attached hydrogens (primary N) is 1. The number of hydrogen-bond donors (Lipinski definition) is 2. The number of rotatable bonds is 7. The molecule has 0 radical (unpaired) electrons. The standard InChI is InChI=1S/C13H21N3O2S/c1-3-19-7-6-10(2)15-12(17)9-16-8-11(14)4-5-13(16)18/h4-5,8,10H,3,6-7,9,14H2,1-2H3,(H,15,17). The third kappa shape index (κ3) is 5.83. The molecule has 106 valence electrons. The molecule has 3 N–H and O–H groups in total. The molecular formula is C13H21N3O2S. The molecule has 1 rings (SSSR count). The van der Waals surface area contributed by atoms with Crippen molar-refractivity contribution in [2.75, 3.05) is 17.2 Å². The molecule has 1 aromatic rings. The van der Waals surface area contributed by atoms with Crippen LogP contribution in [0.25, 0.3) is 0 Å². The summed E-state index contributed by atoms with van der Waals surface area (Å²) in [6.45, 7) is 4.09. The number of amides is 1. The van der Waals surface area contributed by atoms with Crippen LogP contribution >= 0.6 is 11.8 Å². The summed E-state index contributed by atoms with van der Waals surface area (Å²) >= 11 is 1.85. The maximum absolute atomic E-state index is 11.8. The minimum atomic E-state index is -0.224. The van der Waals surface area contributed by atoms with Crippen molar-refractivity contribution in [1.82, 2.24) is 9.88 Å². The van der Waals surface area contributed by atoms with Crippen LogP contribution in [0.3, 0.4) is 0 Å². The van der Waals surface area contributed by atoms with E-state index in [-0.39, 0.29) is 24.1 Å². The quantitative estimate of drug-likeness (QED) is 0.734. The fourth-order valence-corrected chi connectivity index (χ4v) is 2.43. The lowest BCUT2D eigenvalue weighted by molar-refractivity contribution is -0.122. The highest BCUT2D eigenvalue weighted by Crippen LogP contribution is 2.03. The minimum absolute atomic E-state index is 0.00906. The second-order valence-electron chi connectivity index (χ2n) is 4.38. The normalized spacial score (nSPS) is 12.1. The molecule has 0 aliphatic heterocycles. The Morgan fingerprint density at radius 1 is 1.53 bits per heavy atom. The van der Waals surface area contributed by atoms with Gasteiger partial charge in [0.2, 0.25) is 5.91 Å². The zero-order valence-corrected chi connectivity index (χ0v) is 12.2. The van der Waals surface area contributed by atoms with Gasteiger partial charge >= 0.3 is 0 Å². The molecule has 0 aromatic carbocycles. The van der Waals surface area contributed by atoms with Crippen molar-refractivity contribution in [3.63, 3.8) is 0 Å². The third-order valence-electron chi connectivity index (χ3n) is 2.63. The van der Waals surface area contributed by atoms with Crippen LogP contribution in [-0.4, -0.2) is 28.0 Å². The number of nitrogens with one attached hydrogen (secondary N) is 1. The zero-order chi connectivity index (χ0) is 14.3. The fraction of sp³-hybridized carbons (Fsp3) is 0.538. The van der Waals surface area contributed by atoms with Crippen molar-refractivity contribution in [2.24, 2.45) is 0 Å². The van der Waals surface area contributed by atoms with Crippen molar-refractivity contribution in [3.05, 3.63) is 28.7 Å². The number of nitrogens with zero attached hydrogens (tertiary/aromatic N) is 1. The van der Waals surface area contributed by atoms with Gasteiger partial charge in [-0.05, 0) is 30.9 Å². The lowest BCUT2D eigenvalue weighted by atomic mass is 10.2. The molecule has 0 saturated heterocycles. The van der Waals surface area contributed by atoms with Crippen LogP contribution in [0.15, 0.2) is 23.1 Å². The number of pyridine rings is 1. The lowest BCUT2D eigenvalue weighted by Gasteiger charge is -2.14. The van der Waals surface area contributed by atoms with E-state index in [2.05, 4.69) is 12.2 Å². The molecule has 1 atom stereocenters. The number of aromatic nitrogens is 1. The van der Waals surface area contributed by atoms with Crippen LogP contribution < -0.4 is 16.6 Å². The van der Waals surface area contributed by atoms with E-state index in [0.29, 0.717) is 5.69 Å². The van der Waals surface area contributed by atoms with E-state index in [1.165, 1.54) is 22.9 Å². The van der Waals surface area contributed by atoms with E-state index in [0.717, 1.165) is 17.9 Å². The molecule has 5 nitrogen and oxygen atoms in total. The van der Waals surface area contributed by atoms with Crippen LogP contribution in [0.4, 0.5) is 5.69 Å². The van der Waals surface area contributed by atoms with Crippen molar-refractivity contribution in [3.8, 4) is 0 Å². The molecule has 0 saturated carbocycles. The van der Waals surface area contributed by atoms with Gasteiger partial charge in [0.15, 0.2) is 0 Å². The van der Waals surface area contributed by atoms with Gasteiger partial charge in [0.1, 0.15) is 6.54 Å². The zero-order valence-electron chi connectivity index (χ0n) is 11.4. The first-order valence-electron chi connectivity index (χ1n) is 6.36.